The van der Waals surface area contributed by atoms with Gasteiger partial charge in [-0.2, -0.15) is 0 Å². The van der Waals surface area contributed by atoms with E-state index in [9.17, 15) is 14.4 Å². The number of amides is 2. The number of ether oxygens (including phenoxy) is 2. The molecule has 1 aliphatic heterocycles. The largest absolute Gasteiger partial charge is 0.482 e. The van der Waals surface area contributed by atoms with Crippen molar-refractivity contribution >= 4 is 46.7 Å². The predicted molar refractivity (Wildman–Crippen MR) is 144 cm³/mol. The van der Waals surface area contributed by atoms with E-state index in [0.717, 1.165) is 24.5 Å². The van der Waals surface area contributed by atoms with Crippen LogP contribution in [0.1, 0.15) is 33.2 Å². The zero-order valence-electron chi connectivity index (χ0n) is 20.9. The molecular weight excluding hydrogens is 510 g/mol. The maximum absolute atomic E-state index is 13.2. The second-order valence-corrected chi connectivity index (χ2v) is 8.71. The topological polar surface area (TPSA) is 122 Å². The van der Waals surface area contributed by atoms with Gasteiger partial charge in [0.15, 0.2) is 6.61 Å². The predicted octanol–water partition coefficient (Wildman–Crippen LogP) is 3.87. The van der Waals surface area contributed by atoms with Gasteiger partial charge in [-0.15, -0.1) is 0 Å². The van der Waals surface area contributed by atoms with Gasteiger partial charge in [0.1, 0.15) is 17.4 Å². The van der Waals surface area contributed by atoms with E-state index in [-0.39, 0.29) is 36.0 Å². The Labute approximate surface area is 224 Å². The first-order chi connectivity index (χ1) is 18.3. The Kier molecular flexibility index (Phi) is 8.55. The molecule has 0 saturated carbocycles. The number of rotatable bonds is 9. The molecule has 2 N–H and O–H groups in total. The molecule has 0 fully saturated rings. The normalized spacial score (nSPS) is 12.5. The molecule has 3 aromatic rings. The number of hydrogen-bond acceptors (Lipinski definition) is 8. The van der Waals surface area contributed by atoms with Crippen LogP contribution in [-0.2, 0) is 9.53 Å². The van der Waals surface area contributed by atoms with Gasteiger partial charge in [-0.1, -0.05) is 23.7 Å². The van der Waals surface area contributed by atoms with Crippen molar-refractivity contribution < 1.29 is 23.9 Å². The van der Waals surface area contributed by atoms with Crippen LogP contribution >= 0.6 is 11.6 Å². The molecule has 1 aromatic heterocycles. The highest BCUT2D eigenvalue weighted by atomic mass is 35.5. The number of likely N-dealkylation sites (N-methyl/N-ethyl adjacent to an activating group) is 1. The maximum Gasteiger partial charge on any atom is 0.344 e. The van der Waals surface area contributed by atoms with Crippen LogP contribution in [0.15, 0.2) is 65.8 Å². The summed E-state index contributed by atoms with van der Waals surface area (Å²) in [5.74, 6) is -0.1000. The Balaban J connectivity index is 1.54. The molecule has 2 aromatic carbocycles. The SMILES string of the molecule is CCOC(=O)COc1ccc(NC(=O)c2ccc(C3=NCCN3C)cc2)c(C(=O)Nc2ccc(Cl)cn2)c1. The molecule has 0 aliphatic carbocycles. The fraction of sp³-hybridized carbons (Fsp3) is 0.222. The zero-order chi connectivity index (χ0) is 27.1. The van der Waals surface area contributed by atoms with E-state index in [1.54, 1.807) is 37.3 Å². The van der Waals surface area contributed by atoms with Crippen LogP contribution in [0.5, 0.6) is 5.75 Å². The fourth-order valence-corrected chi connectivity index (χ4v) is 3.81. The van der Waals surface area contributed by atoms with E-state index in [1.807, 2.05) is 19.2 Å². The number of amidine groups is 1. The van der Waals surface area contributed by atoms with Crippen LogP contribution in [0.3, 0.4) is 0 Å². The molecule has 38 heavy (non-hydrogen) atoms. The van der Waals surface area contributed by atoms with Gasteiger partial charge in [0.2, 0.25) is 0 Å². The van der Waals surface area contributed by atoms with Crippen molar-refractivity contribution in [3.05, 3.63) is 82.5 Å². The Hall–Kier alpha value is -4.44. The molecule has 0 saturated heterocycles. The van der Waals surface area contributed by atoms with Crippen molar-refractivity contribution in [2.75, 3.05) is 44.0 Å². The van der Waals surface area contributed by atoms with E-state index < -0.39 is 17.8 Å². The van der Waals surface area contributed by atoms with E-state index >= 15 is 0 Å². The third kappa shape index (κ3) is 6.65. The van der Waals surface area contributed by atoms with Gasteiger partial charge in [0.05, 0.1) is 29.4 Å². The number of hydrogen-bond donors (Lipinski definition) is 2. The number of carbonyl (C=O) groups is 3. The number of nitrogens with zero attached hydrogens (tertiary/aromatic N) is 3. The summed E-state index contributed by atoms with van der Waals surface area (Å²) >= 11 is 5.88. The molecule has 2 amide bonds. The molecule has 0 unspecified atom stereocenters. The lowest BCUT2D eigenvalue weighted by Crippen LogP contribution is -2.23. The lowest BCUT2D eigenvalue weighted by atomic mass is 10.1. The quantitative estimate of drug-likeness (QED) is 0.399. The van der Waals surface area contributed by atoms with Crippen LogP contribution in [0.4, 0.5) is 11.5 Å². The van der Waals surface area contributed by atoms with Gasteiger partial charge in [0.25, 0.3) is 11.8 Å². The summed E-state index contributed by atoms with van der Waals surface area (Å²) in [5.41, 5.74) is 1.67. The van der Waals surface area contributed by atoms with Crippen molar-refractivity contribution in [3.63, 3.8) is 0 Å². The van der Waals surface area contributed by atoms with Crippen LogP contribution < -0.4 is 15.4 Å². The second-order valence-electron chi connectivity index (χ2n) is 8.28. The third-order valence-corrected chi connectivity index (χ3v) is 5.80. The molecule has 0 bridgehead atoms. The summed E-state index contributed by atoms with van der Waals surface area (Å²) in [4.78, 5) is 48.5. The second kappa shape index (κ2) is 12.2. The highest BCUT2D eigenvalue weighted by Gasteiger charge is 2.19. The number of benzene rings is 2. The van der Waals surface area contributed by atoms with Gasteiger partial charge in [-0.05, 0) is 49.4 Å². The Bertz CT molecular complexity index is 1360. The number of aromatic nitrogens is 1. The number of esters is 1. The molecule has 0 radical (unpaired) electrons. The average molecular weight is 536 g/mol. The van der Waals surface area contributed by atoms with Crippen LogP contribution in [0, 0.1) is 0 Å². The molecular formula is C27H26ClN5O5. The molecule has 4 rings (SSSR count). The van der Waals surface area contributed by atoms with Gasteiger partial charge >= 0.3 is 5.97 Å². The molecule has 2 heterocycles. The summed E-state index contributed by atoms with van der Waals surface area (Å²) in [6.07, 6.45) is 1.40. The average Bonchev–Trinajstić information content (AvgIpc) is 3.35. The van der Waals surface area contributed by atoms with Crippen molar-refractivity contribution in [2.45, 2.75) is 6.92 Å². The Morgan fingerprint density at radius 2 is 1.82 bits per heavy atom. The van der Waals surface area contributed by atoms with E-state index in [1.165, 1.54) is 18.3 Å². The number of pyridine rings is 1. The molecule has 196 valence electrons. The van der Waals surface area contributed by atoms with Gasteiger partial charge < -0.3 is 25.0 Å². The number of anilines is 2. The minimum Gasteiger partial charge on any atom is -0.482 e. The smallest absolute Gasteiger partial charge is 0.344 e. The first-order valence-electron chi connectivity index (χ1n) is 11.9. The van der Waals surface area contributed by atoms with Crippen LogP contribution in [-0.4, -0.2) is 66.9 Å². The molecule has 0 atom stereocenters. The van der Waals surface area contributed by atoms with E-state index in [0.29, 0.717) is 10.6 Å². The summed E-state index contributed by atoms with van der Waals surface area (Å²) in [5, 5.41) is 5.87. The number of aliphatic imine (C=N–C) groups is 1. The minimum atomic E-state index is -0.547. The fourth-order valence-electron chi connectivity index (χ4n) is 3.70. The maximum atomic E-state index is 13.2. The number of halogens is 1. The summed E-state index contributed by atoms with van der Waals surface area (Å²) in [6.45, 7) is 3.18. The third-order valence-electron chi connectivity index (χ3n) is 5.58. The van der Waals surface area contributed by atoms with Crippen molar-refractivity contribution in [2.24, 2.45) is 4.99 Å². The monoisotopic (exact) mass is 535 g/mol. The van der Waals surface area contributed by atoms with Crippen LogP contribution in [0.2, 0.25) is 5.02 Å². The summed E-state index contributed by atoms with van der Waals surface area (Å²) in [7, 11) is 1.97. The molecule has 11 heteroatoms. The summed E-state index contributed by atoms with van der Waals surface area (Å²) in [6, 6.07) is 14.7. The number of carbonyl (C=O) groups excluding carboxylic acids is 3. The van der Waals surface area contributed by atoms with Gasteiger partial charge in [-0.3, -0.25) is 14.6 Å². The molecule has 1 aliphatic rings. The number of nitrogens with one attached hydrogen (secondary N) is 2. The zero-order valence-corrected chi connectivity index (χ0v) is 21.6. The van der Waals surface area contributed by atoms with Crippen molar-refractivity contribution in [3.8, 4) is 5.75 Å². The van der Waals surface area contributed by atoms with Crippen molar-refractivity contribution in [1.82, 2.24) is 9.88 Å². The highest BCUT2D eigenvalue weighted by Crippen LogP contribution is 2.25. The Morgan fingerprint density at radius 3 is 2.47 bits per heavy atom. The first-order valence-corrected chi connectivity index (χ1v) is 12.2. The molecule has 10 nitrogen and oxygen atoms in total. The first kappa shape index (κ1) is 26.6. The van der Waals surface area contributed by atoms with Gasteiger partial charge in [-0.25, -0.2) is 9.78 Å². The van der Waals surface area contributed by atoms with E-state index in [4.69, 9.17) is 21.1 Å². The lowest BCUT2D eigenvalue weighted by molar-refractivity contribution is -0.145. The minimum absolute atomic E-state index is 0.106. The highest BCUT2D eigenvalue weighted by molar-refractivity contribution is 6.30. The molecule has 0 spiro atoms. The van der Waals surface area contributed by atoms with Crippen LogP contribution in [0.25, 0.3) is 0 Å². The standard InChI is InChI=1S/C27H26ClN5O5/c1-3-37-24(34)16-38-20-9-10-22(21(14-20)27(36)32-23-11-8-19(28)15-30-23)31-26(35)18-6-4-17(5-7-18)25-29-12-13-33(25)2/h4-11,14-15H,3,12-13,16H2,1-2H3,(H,31,35)(H,30,32,36). The lowest BCUT2D eigenvalue weighted by Gasteiger charge is -2.15. The van der Waals surface area contributed by atoms with Crippen molar-refractivity contribution in [1.29, 1.82) is 0 Å². The van der Waals surface area contributed by atoms with Gasteiger partial charge in [0, 0.05) is 30.9 Å². The Morgan fingerprint density at radius 1 is 1.03 bits per heavy atom. The van der Waals surface area contributed by atoms with E-state index in [2.05, 4.69) is 25.5 Å². The summed E-state index contributed by atoms with van der Waals surface area (Å²) < 4.78 is 10.3.